The van der Waals surface area contributed by atoms with Gasteiger partial charge in [0.2, 0.25) is 5.91 Å². The Balaban J connectivity index is 2.17. The van der Waals surface area contributed by atoms with Gasteiger partial charge in [-0.3, -0.25) is 4.79 Å². The Bertz CT molecular complexity index is 622. The van der Waals surface area contributed by atoms with Gasteiger partial charge in [-0.05, 0) is 0 Å². The molecule has 0 aliphatic rings. The number of nitrogens with one attached hydrogen (secondary N) is 2. The number of halogens is 3. The van der Waals surface area contributed by atoms with Gasteiger partial charge < -0.3 is 10.6 Å². The molecule has 2 rings (SSSR count). The molecule has 0 bridgehead atoms. The number of anilines is 1. The first-order chi connectivity index (χ1) is 9.38. The molecule has 2 N–H and O–H groups in total. The number of amides is 1. The minimum atomic E-state index is -4.50. The summed E-state index contributed by atoms with van der Waals surface area (Å²) >= 11 is 0. The lowest BCUT2D eigenvalue weighted by Gasteiger charge is -2.06. The number of fused-ring (bicyclic) bond motifs is 1. The average molecular weight is 287 g/mol. The zero-order chi connectivity index (χ0) is 14.8. The van der Waals surface area contributed by atoms with Crippen LogP contribution in [-0.2, 0) is 11.0 Å². The van der Waals surface area contributed by atoms with E-state index in [0.29, 0.717) is 13.1 Å². The van der Waals surface area contributed by atoms with Crippen LogP contribution in [0.25, 0.3) is 5.52 Å². The summed E-state index contributed by atoms with van der Waals surface area (Å²) in [6.07, 6.45) is -1.82. The second-order valence-electron chi connectivity index (χ2n) is 4.04. The van der Waals surface area contributed by atoms with E-state index in [0.717, 1.165) is 10.6 Å². The molecule has 0 saturated carbocycles. The van der Waals surface area contributed by atoms with E-state index in [2.05, 4.69) is 20.7 Å². The van der Waals surface area contributed by atoms with Crippen LogP contribution < -0.4 is 10.6 Å². The van der Waals surface area contributed by atoms with E-state index in [1.165, 1.54) is 19.3 Å². The van der Waals surface area contributed by atoms with Crippen molar-refractivity contribution in [3.63, 3.8) is 0 Å². The number of alkyl halides is 3. The number of hydrogen-bond acceptors (Lipinski definition) is 4. The van der Waals surface area contributed by atoms with Gasteiger partial charge in [0.1, 0.15) is 5.52 Å². The highest BCUT2D eigenvalue weighted by Crippen LogP contribution is 2.29. The smallest absolute Gasteiger partial charge is 0.367 e. The standard InChI is InChI=1S/C11H12F3N5O/c1-7(20)15-2-3-16-10-8-6-9(11(12,13)14)18-19(8)5-4-17-10/h4-6H,2-3H2,1H3,(H,15,20)(H,16,17). The summed E-state index contributed by atoms with van der Waals surface area (Å²) in [5.41, 5.74) is -0.752. The topological polar surface area (TPSA) is 71.3 Å². The van der Waals surface area contributed by atoms with E-state index in [-0.39, 0.29) is 17.2 Å². The molecule has 0 aromatic carbocycles. The molecule has 0 saturated heterocycles. The number of hydrogen-bond donors (Lipinski definition) is 2. The van der Waals surface area contributed by atoms with E-state index in [9.17, 15) is 18.0 Å². The summed E-state index contributed by atoms with van der Waals surface area (Å²) in [6.45, 7) is 2.07. The number of carbonyl (C=O) groups is 1. The Kier molecular flexibility index (Phi) is 3.77. The number of nitrogens with zero attached hydrogens (tertiary/aromatic N) is 3. The average Bonchev–Trinajstić information content (AvgIpc) is 2.78. The van der Waals surface area contributed by atoms with Gasteiger partial charge in [0.15, 0.2) is 11.5 Å². The molecule has 6 nitrogen and oxygen atoms in total. The van der Waals surface area contributed by atoms with E-state index >= 15 is 0 Å². The van der Waals surface area contributed by atoms with Crippen LogP contribution >= 0.6 is 0 Å². The normalized spacial score (nSPS) is 11.6. The van der Waals surface area contributed by atoms with Gasteiger partial charge in [0.25, 0.3) is 0 Å². The minimum absolute atomic E-state index is 0.179. The van der Waals surface area contributed by atoms with Crippen molar-refractivity contribution in [2.75, 3.05) is 18.4 Å². The minimum Gasteiger partial charge on any atom is -0.367 e. The summed E-state index contributed by atoms with van der Waals surface area (Å²) in [5, 5.41) is 8.86. The van der Waals surface area contributed by atoms with E-state index in [1.54, 1.807) is 0 Å². The molecular formula is C11H12F3N5O. The third-order valence-electron chi connectivity index (χ3n) is 2.47. The second-order valence-corrected chi connectivity index (χ2v) is 4.04. The SMILES string of the molecule is CC(=O)NCCNc1nccn2nc(C(F)(F)F)cc12. The van der Waals surface area contributed by atoms with Crippen molar-refractivity contribution in [3.8, 4) is 0 Å². The zero-order valence-corrected chi connectivity index (χ0v) is 10.5. The molecule has 0 fully saturated rings. The van der Waals surface area contributed by atoms with Crippen LogP contribution in [0.15, 0.2) is 18.5 Å². The maximum atomic E-state index is 12.6. The van der Waals surface area contributed by atoms with Crippen molar-refractivity contribution >= 4 is 17.2 Å². The molecule has 2 heterocycles. The fourth-order valence-electron chi connectivity index (χ4n) is 1.62. The zero-order valence-electron chi connectivity index (χ0n) is 10.5. The molecule has 0 radical (unpaired) electrons. The van der Waals surface area contributed by atoms with E-state index in [4.69, 9.17) is 0 Å². The van der Waals surface area contributed by atoms with Crippen molar-refractivity contribution in [1.82, 2.24) is 19.9 Å². The van der Waals surface area contributed by atoms with Crippen molar-refractivity contribution in [2.24, 2.45) is 0 Å². The van der Waals surface area contributed by atoms with E-state index < -0.39 is 11.9 Å². The Morgan fingerprint density at radius 2 is 2.15 bits per heavy atom. The third-order valence-corrected chi connectivity index (χ3v) is 2.47. The molecule has 9 heteroatoms. The molecular weight excluding hydrogens is 275 g/mol. The molecule has 20 heavy (non-hydrogen) atoms. The first kappa shape index (κ1) is 14.1. The van der Waals surface area contributed by atoms with Gasteiger partial charge >= 0.3 is 6.18 Å². The fraction of sp³-hybridized carbons (Fsp3) is 0.364. The number of rotatable bonds is 4. The predicted molar refractivity (Wildman–Crippen MR) is 65.2 cm³/mol. The van der Waals surface area contributed by atoms with Crippen molar-refractivity contribution < 1.29 is 18.0 Å². The Hall–Kier alpha value is -2.32. The van der Waals surface area contributed by atoms with Gasteiger partial charge in [-0.1, -0.05) is 0 Å². The van der Waals surface area contributed by atoms with Crippen LogP contribution in [0.4, 0.5) is 19.0 Å². The quantitative estimate of drug-likeness (QED) is 0.831. The van der Waals surface area contributed by atoms with Crippen LogP contribution in [0.1, 0.15) is 12.6 Å². The second kappa shape index (κ2) is 5.35. The van der Waals surface area contributed by atoms with Crippen molar-refractivity contribution in [2.45, 2.75) is 13.1 Å². The molecule has 0 aliphatic carbocycles. The van der Waals surface area contributed by atoms with E-state index in [1.807, 2.05) is 0 Å². The molecule has 108 valence electrons. The largest absolute Gasteiger partial charge is 0.435 e. The van der Waals surface area contributed by atoms with Crippen molar-refractivity contribution in [1.29, 1.82) is 0 Å². The highest BCUT2D eigenvalue weighted by molar-refractivity contribution is 5.73. The van der Waals surface area contributed by atoms with Gasteiger partial charge in [-0.2, -0.15) is 18.3 Å². The fourth-order valence-corrected chi connectivity index (χ4v) is 1.62. The summed E-state index contributed by atoms with van der Waals surface area (Å²) in [6, 6.07) is 0.924. The van der Waals surface area contributed by atoms with Crippen LogP contribution in [-0.4, -0.2) is 33.6 Å². The molecule has 0 spiro atoms. The van der Waals surface area contributed by atoms with Crippen LogP contribution in [0.2, 0.25) is 0 Å². The van der Waals surface area contributed by atoms with Gasteiger partial charge in [-0.25, -0.2) is 9.50 Å². The molecule has 2 aromatic rings. The highest BCUT2D eigenvalue weighted by Gasteiger charge is 2.34. The first-order valence-corrected chi connectivity index (χ1v) is 5.78. The van der Waals surface area contributed by atoms with Crippen molar-refractivity contribution in [3.05, 3.63) is 24.2 Å². The predicted octanol–water partition coefficient (Wildman–Crippen LogP) is 1.30. The summed E-state index contributed by atoms with van der Waals surface area (Å²) in [5.74, 6) is 0.0996. The summed E-state index contributed by atoms with van der Waals surface area (Å²) in [7, 11) is 0. The molecule has 1 amide bonds. The lowest BCUT2D eigenvalue weighted by atomic mass is 10.3. The van der Waals surface area contributed by atoms with Crippen LogP contribution in [0.3, 0.4) is 0 Å². The number of carbonyl (C=O) groups excluding carboxylic acids is 1. The third kappa shape index (κ3) is 3.16. The Morgan fingerprint density at radius 1 is 1.40 bits per heavy atom. The lowest BCUT2D eigenvalue weighted by Crippen LogP contribution is -2.26. The molecule has 2 aromatic heterocycles. The van der Waals surface area contributed by atoms with Gasteiger partial charge in [0, 0.05) is 38.5 Å². The monoisotopic (exact) mass is 287 g/mol. The summed E-state index contributed by atoms with van der Waals surface area (Å²) in [4.78, 5) is 14.7. The number of aromatic nitrogens is 3. The van der Waals surface area contributed by atoms with Crippen LogP contribution in [0.5, 0.6) is 0 Å². The maximum absolute atomic E-state index is 12.6. The molecule has 0 unspecified atom stereocenters. The first-order valence-electron chi connectivity index (χ1n) is 5.78. The molecule has 0 aliphatic heterocycles. The lowest BCUT2D eigenvalue weighted by molar-refractivity contribution is -0.141. The Labute approximate surface area is 112 Å². The van der Waals surface area contributed by atoms with Gasteiger partial charge in [-0.15, -0.1) is 0 Å². The molecule has 0 atom stereocenters. The van der Waals surface area contributed by atoms with Gasteiger partial charge in [0.05, 0.1) is 0 Å². The van der Waals surface area contributed by atoms with Crippen LogP contribution in [0, 0.1) is 0 Å². The highest BCUT2D eigenvalue weighted by atomic mass is 19.4. The summed E-state index contributed by atoms with van der Waals surface area (Å²) < 4.78 is 38.9. The Morgan fingerprint density at radius 3 is 2.80 bits per heavy atom. The maximum Gasteiger partial charge on any atom is 0.435 e.